The van der Waals surface area contributed by atoms with Crippen LogP contribution in [0.2, 0.25) is 0 Å². The Hall–Kier alpha value is -0.518. The molecule has 1 aromatic carbocycles. The van der Waals surface area contributed by atoms with E-state index in [-0.39, 0.29) is 27.3 Å². The van der Waals surface area contributed by atoms with Gasteiger partial charge in [0.25, 0.3) is 0 Å². The number of hydrogen-bond acceptors (Lipinski definition) is 2. The Morgan fingerprint density at radius 3 is 2.36 bits per heavy atom. The summed E-state index contributed by atoms with van der Waals surface area (Å²) in [7, 11) is 3.26. The number of allylic oxidation sites excluding steroid dienone is 1. The van der Waals surface area contributed by atoms with Crippen LogP contribution in [-0.4, -0.2) is 41.5 Å². The van der Waals surface area contributed by atoms with Crippen molar-refractivity contribution in [2.24, 2.45) is 0 Å². The second-order valence-electron chi connectivity index (χ2n) is 2.68. The fraction of sp³-hybridized carbons (Fsp3) is 0.273. The molecule has 2 nitrogen and oxygen atoms in total. The molecule has 0 aliphatic carbocycles. The van der Waals surface area contributed by atoms with Crippen molar-refractivity contribution < 1.29 is 9.47 Å². The SMILES string of the molecule is C=CCc1ccc(OC)c(OC)c1.[Pb]. The van der Waals surface area contributed by atoms with Gasteiger partial charge in [0, 0.05) is 27.3 Å². The molecule has 0 N–H and O–H groups in total. The summed E-state index contributed by atoms with van der Waals surface area (Å²) in [4.78, 5) is 0. The van der Waals surface area contributed by atoms with Crippen molar-refractivity contribution in [3.05, 3.63) is 36.4 Å². The van der Waals surface area contributed by atoms with E-state index >= 15 is 0 Å². The first-order chi connectivity index (χ1) is 6.31. The van der Waals surface area contributed by atoms with Crippen LogP contribution >= 0.6 is 0 Å². The Balaban J connectivity index is 0.00000169. The van der Waals surface area contributed by atoms with Crippen molar-refractivity contribution in [1.82, 2.24) is 0 Å². The molecule has 0 heterocycles. The van der Waals surface area contributed by atoms with E-state index in [9.17, 15) is 0 Å². The zero-order valence-electron chi connectivity index (χ0n) is 8.54. The van der Waals surface area contributed by atoms with Crippen molar-refractivity contribution in [3.63, 3.8) is 0 Å². The summed E-state index contributed by atoms with van der Waals surface area (Å²) in [5, 5.41) is 0. The molecule has 0 fully saturated rings. The van der Waals surface area contributed by atoms with Crippen LogP contribution in [0, 0.1) is 0 Å². The van der Waals surface area contributed by atoms with Crippen LogP contribution in [-0.2, 0) is 6.42 Å². The molecule has 0 bridgehead atoms. The second-order valence-corrected chi connectivity index (χ2v) is 2.68. The maximum atomic E-state index is 5.16. The Morgan fingerprint density at radius 1 is 1.21 bits per heavy atom. The smallest absolute Gasteiger partial charge is 0.160 e. The van der Waals surface area contributed by atoms with E-state index in [4.69, 9.17) is 9.47 Å². The Bertz CT molecular complexity index is 297. The van der Waals surface area contributed by atoms with Crippen LogP contribution in [0.3, 0.4) is 0 Å². The fourth-order valence-corrected chi connectivity index (χ4v) is 1.17. The maximum absolute atomic E-state index is 5.16. The molecule has 1 aromatic rings. The number of ether oxygens (including phenoxy) is 2. The zero-order valence-corrected chi connectivity index (χ0v) is 12.4. The minimum absolute atomic E-state index is 0. The Labute approximate surface area is 105 Å². The van der Waals surface area contributed by atoms with Crippen LogP contribution in [0.1, 0.15) is 5.56 Å². The third-order valence-electron chi connectivity index (χ3n) is 1.83. The van der Waals surface area contributed by atoms with Crippen LogP contribution in [0.15, 0.2) is 30.9 Å². The number of hydrogen-bond donors (Lipinski definition) is 0. The molecule has 0 saturated carbocycles. The standard InChI is InChI=1S/C11H14O2.Pb/c1-4-5-9-6-7-10(12-2)11(8-9)13-3;/h4,6-8H,1,5H2,2-3H3;. The molecular formula is C11H14O2Pb. The molecule has 0 aliphatic rings. The average Bonchev–Trinajstić information content (AvgIpc) is 2.18. The summed E-state index contributed by atoms with van der Waals surface area (Å²) in [6.45, 7) is 3.68. The third kappa shape index (κ3) is 3.32. The predicted octanol–water partition coefficient (Wildman–Crippen LogP) is 2.05. The van der Waals surface area contributed by atoms with Gasteiger partial charge in [0.2, 0.25) is 0 Å². The summed E-state index contributed by atoms with van der Waals surface area (Å²) in [6, 6.07) is 5.86. The Morgan fingerprint density at radius 2 is 1.86 bits per heavy atom. The second kappa shape index (κ2) is 6.87. The molecule has 0 aromatic heterocycles. The first kappa shape index (κ1) is 13.5. The molecule has 74 valence electrons. The monoisotopic (exact) mass is 386 g/mol. The van der Waals surface area contributed by atoms with E-state index in [2.05, 4.69) is 6.58 Å². The summed E-state index contributed by atoms with van der Waals surface area (Å²) in [6.07, 6.45) is 2.71. The molecule has 4 radical (unpaired) electrons. The molecule has 0 spiro atoms. The van der Waals surface area contributed by atoms with Gasteiger partial charge in [-0.25, -0.2) is 0 Å². The number of methoxy groups -OCH3 is 2. The zero-order chi connectivity index (χ0) is 9.68. The van der Waals surface area contributed by atoms with Gasteiger partial charge in [-0.1, -0.05) is 12.1 Å². The Kier molecular flexibility index (Phi) is 6.61. The fourth-order valence-electron chi connectivity index (χ4n) is 1.17. The van der Waals surface area contributed by atoms with Crippen molar-refractivity contribution in [2.45, 2.75) is 6.42 Å². The third-order valence-corrected chi connectivity index (χ3v) is 1.83. The molecule has 0 saturated heterocycles. The molecular weight excluding hydrogens is 371 g/mol. The van der Waals surface area contributed by atoms with Crippen molar-refractivity contribution in [2.75, 3.05) is 14.2 Å². The van der Waals surface area contributed by atoms with Gasteiger partial charge in [-0.15, -0.1) is 6.58 Å². The topological polar surface area (TPSA) is 18.5 Å². The van der Waals surface area contributed by atoms with Crippen molar-refractivity contribution >= 4 is 27.3 Å². The normalized spacial score (nSPS) is 8.71. The minimum Gasteiger partial charge on any atom is -0.493 e. The van der Waals surface area contributed by atoms with Gasteiger partial charge < -0.3 is 9.47 Å². The summed E-state index contributed by atoms with van der Waals surface area (Å²) in [5.74, 6) is 1.53. The van der Waals surface area contributed by atoms with Gasteiger partial charge in [0.05, 0.1) is 14.2 Å². The van der Waals surface area contributed by atoms with Gasteiger partial charge in [-0.05, 0) is 24.1 Å². The molecule has 3 heteroatoms. The van der Waals surface area contributed by atoms with E-state index in [1.54, 1.807) is 14.2 Å². The van der Waals surface area contributed by atoms with Crippen LogP contribution in [0.25, 0.3) is 0 Å². The summed E-state index contributed by atoms with van der Waals surface area (Å²) >= 11 is 0. The molecule has 0 aliphatic heterocycles. The number of rotatable bonds is 4. The van der Waals surface area contributed by atoms with E-state index in [0.29, 0.717) is 0 Å². The summed E-state index contributed by atoms with van der Waals surface area (Å²) < 4.78 is 10.3. The van der Waals surface area contributed by atoms with Crippen LogP contribution in [0.5, 0.6) is 11.5 Å². The average molecular weight is 385 g/mol. The summed E-state index contributed by atoms with van der Waals surface area (Å²) in [5.41, 5.74) is 1.17. The predicted molar refractivity (Wildman–Crippen MR) is 59.2 cm³/mol. The first-order valence-corrected chi connectivity index (χ1v) is 4.13. The van der Waals surface area contributed by atoms with E-state index in [1.165, 1.54) is 5.56 Å². The molecule has 0 amide bonds. The van der Waals surface area contributed by atoms with E-state index in [1.807, 2.05) is 24.3 Å². The molecule has 0 unspecified atom stereocenters. The van der Waals surface area contributed by atoms with Crippen LogP contribution < -0.4 is 9.47 Å². The quantitative estimate of drug-likeness (QED) is 0.584. The van der Waals surface area contributed by atoms with Gasteiger partial charge in [0.1, 0.15) is 0 Å². The van der Waals surface area contributed by atoms with Gasteiger partial charge in [0.15, 0.2) is 11.5 Å². The largest absolute Gasteiger partial charge is 0.493 e. The maximum Gasteiger partial charge on any atom is 0.160 e. The van der Waals surface area contributed by atoms with Crippen molar-refractivity contribution in [1.29, 1.82) is 0 Å². The van der Waals surface area contributed by atoms with Gasteiger partial charge >= 0.3 is 0 Å². The molecule has 0 atom stereocenters. The van der Waals surface area contributed by atoms with Crippen LogP contribution in [0.4, 0.5) is 0 Å². The van der Waals surface area contributed by atoms with E-state index in [0.717, 1.165) is 17.9 Å². The molecule has 1 rings (SSSR count). The van der Waals surface area contributed by atoms with Gasteiger partial charge in [-0.2, -0.15) is 0 Å². The minimum atomic E-state index is 0. The van der Waals surface area contributed by atoms with Gasteiger partial charge in [-0.3, -0.25) is 0 Å². The van der Waals surface area contributed by atoms with Crippen molar-refractivity contribution in [3.8, 4) is 11.5 Å². The first-order valence-electron chi connectivity index (χ1n) is 4.13. The molecule has 14 heavy (non-hydrogen) atoms. The number of benzene rings is 1. The van der Waals surface area contributed by atoms with E-state index < -0.39 is 0 Å².